The van der Waals surface area contributed by atoms with Crippen LogP contribution in [0.2, 0.25) is 0 Å². The van der Waals surface area contributed by atoms with E-state index in [4.69, 9.17) is 9.72 Å². The number of amides is 1. The lowest BCUT2D eigenvalue weighted by Crippen LogP contribution is -2.46. The molecule has 6 heteroatoms. The van der Waals surface area contributed by atoms with Gasteiger partial charge in [-0.2, -0.15) is 0 Å². The molecule has 1 amide bonds. The molecule has 0 bridgehead atoms. The van der Waals surface area contributed by atoms with Crippen molar-refractivity contribution in [2.75, 3.05) is 13.1 Å². The Balaban J connectivity index is 1.38. The van der Waals surface area contributed by atoms with Crippen molar-refractivity contribution in [1.82, 2.24) is 14.9 Å². The minimum Gasteiger partial charge on any atom is -0.445 e. The molecule has 1 saturated heterocycles. The van der Waals surface area contributed by atoms with Gasteiger partial charge >= 0.3 is 6.09 Å². The molecule has 168 valence electrons. The van der Waals surface area contributed by atoms with Crippen molar-refractivity contribution in [2.24, 2.45) is 0 Å². The number of carbonyl (C=O) groups is 1. The zero-order valence-electron chi connectivity index (χ0n) is 18.3. The van der Waals surface area contributed by atoms with Gasteiger partial charge in [0.25, 0.3) is 0 Å². The van der Waals surface area contributed by atoms with E-state index in [0.29, 0.717) is 31.5 Å². The Kier molecular flexibility index (Phi) is 5.82. The predicted molar refractivity (Wildman–Crippen MR) is 126 cm³/mol. The number of halogens is 1. The van der Waals surface area contributed by atoms with E-state index in [1.54, 1.807) is 11.0 Å². The number of hydrogen-bond acceptors (Lipinski definition) is 3. The van der Waals surface area contributed by atoms with Crippen LogP contribution < -0.4 is 0 Å². The van der Waals surface area contributed by atoms with Crippen LogP contribution in [0.25, 0.3) is 11.0 Å². The molecule has 1 fully saturated rings. The lowest BCUT2D eigenvalue weighted by molar-refractivity contribution is 0.0806. The fourth-order valence-electron chi connectivity index (χ4n) is 4.67. The Morgan fingerprint density at radius 2 is 1.67 bits per heavy atom. The van der Waals surface area contributed by atoms with Crippen LogP contribution in [-0.4, -0.2) is 34.1 Å². The minimum atomic E-state index is -0.506. The summed E-state index contributed by atoms with van der Waals surface area (Å²) in [7, 11) is 0. The fourth-order valence-corrected chi connectivity index (χ4v) is 4.67. The third-order valence-electron chi connectivity index (χ3n) is 6.56. The van der Waals surface area contributed by atoms with Crippen LogP contribution >= 0.6 is 0 Å². The molecule has 0 spiro atoms. The molecule has 4 aromatic rings. The maximum Gasteiger partial charge on any atom is 0.410 e. The number of fused-ring (bicyclic) bond motifs is 1. The molecule has 0 radical (unpaired) electrons. The Morgan fingerprint density at radius 3 is 2.36 bits per heavy atom. The number of carbonyl (C=O) groups excluding carboxylic acids is 1. The van der Waals surface area contributed by atoms with Gasteiger partial charge in [0, 0.05) is 13.1 Å². The highest BCUT2D eigenvalue weighted by atomic mass is 19.1. The van der Waals surface area contributed by atoms with Crippen LogP contribution in [0, 0.1) is 0 Å². The summed E-state index contributed by atoms with van der Waals surface area (Å²) < 4.78 is 18.7. The zero-order valence-corrected chi connectivity index (χ0v) is 18.3. The van der Waals surface area contributed by atoms with Gasteiger partial charge in [0.15, 0.2) is 0 Å². The van der Waals surface area contributed by atoms with Gasteiger partial charge in [-0.3, -0.25) is 0 Å². The molecule has 0 saturated carbocycles. The first-order valence-corrected chi connectivity index (χ1v) is 11.2. The fraction of sp³-hybridized carbons (Fsp3) is 0.259. The number of ether oxygens (including phenoxy) is 1. The topological polar surface area (TPSA) is 58.2 Å². The second-order valence-electron chi connectivity index (χ2n) is 8.55. The number of imidazole rings is 1. The molecule has 1 aromatic heterocycles. The Bertz CT molecular complexity index is 1230. The van der Waals surface area contributed by atoms with Gasteiger partial charge in [-0.15, -0.1) is 0 Å². The minimum absolute atomic E-state index is 0.264. The van der Waals surface area contributed by atoms with E-state index in [9.17, 15) is 9.18 Å². The third kappa shape index (κ3) is 4.21. The van der Waals surface area contributed by atoms with Gasteiger partial charge in [-0.1, -0.05) is 66.7 Å². The van der Waals surface area contributed by atoms with Gasteiger partial charge in [0.05, 0.1) is 16.4 Å². The molecule has 33 heavy (non-hydrogen) atoms. The molecular weight excluding hydrogens is 417 g/mol. The summed E-state index contributed by atoms with van der Waals surface area (Å²) in [6.07, 6.45) is 1.14. The Morgan fingerprint density at radius 1 is 0.970 bits per heavy atom. The summed E-state index contributed by atoms with van der Waals surface area (Å²) in [5.41, 5.74) is 4.06. The number of aromatic nitrogens is 2. The predicted octanol–water partition coefficient (Wildman–Crippen LogP) is 5.75. The summed E-state index contributed by atoms with van der Waals surface area (Å²) in [5, 5.41) is 0. The first kappa shape index (κ1) is 21.2. The largest absolute Gasteiger partial charge is 0.445 e. The Hall–Kier alpha value is -3.67. The summed E-state index contributed by atoms with van der Waals surface area (Å²) >= 11 is 0. The van der Waals surface area contributed by atoms with Gasteiger partial charge in [0.2, 0.25) is 0 Å². The molecule has 1 N–H and O–H groups in total. The summed E-state index contributed by atoms with van der Waals surface area (Å²) in [6, 6.07) is 25.4. The number of nitrogens with one attached hydrogen (secondary N) is 1. The molecule has 0 aliphatic carbocycles. The van der Waals surface area contributed by atoms with Crippen molar-refractivity contribution in [3.8, 4) is 0 Å². The standard InChI is InChI=1S/C27H26FN3O2/c28-18-21-11-12-23-24(17-21)30-25(29-23)27(22-9-5-2-6-10-22)13-15-31(16-14-27)26(32)33-19-20-7-3-1-4-8-20/h1-12,17H,13-16,18-19H2,(H,29,30). The van der Waals surface area contributed by atoms with Crippen LogP contribution in [0.4, 0.5) is 9.18 Å². The Labute approximate surface area is 192 Å². The number of H-pyrrole nitrogens is 1. The van der Waals surface area contributed by atoms with Crippen molar-refractivity contribution < 1.29 is 13.9 Å². The van der Waals surface area contributed by atoms with Crippen LogP contribution in [0.3, 0.4) is 0 Å². The van der Waals surface area contributed by atoms with E-state index in [0.717, 1.165) is 28.0 Å². The number of benzene rings is 3. The van der Waals surface area contributed by atoms with Crippen LogP contribution in [0.5, 0.6) is 0 Å². The molecule has 2 heterocycles. The van der Waals surface area contributed by atoms with Crippen LogP contribution in [0.15, 0.2) is 78.9 Å². The quantitative estimate of drug-likeness (QED) is 0.427. The first-order valence-electron chi connectivity index (χ1n) is 11.2. The lowest BCUT2D eigenvalue weighted by Gasteiger charge is -2.40. The van der Waals surface area contributed by atoms with Crippen molar-refractivity contribution in [3.05, 3.63) is 101 Å². The molecule has 0 atom stereocenters. The summed E-state index contributed by atoms with van der Waals surface area (Å²) in [6.45, 7) is 0.888. The normalized spacial score (nSPS) is 15.5. The first-order chi connectivity index (χ1) is 16.2. The number of piperidine rings is 1. The highest BCUT2D eigenvalue weighted by Gasteiger charge is 2.41. The van der Waals surface area contributed by atoms with Crippen molar-refractivity contribution in [3.63, 3.8) is 0 Å². The van der Waals surface area contributed by atoms with Crippen LogP contribution in [-0.2, 0) is 23.4 Å². The number of aromatic amines is 1. The highest BCUT2D eigenvalue weighted by Crippen LogP contribution is 2.41. The molecule has 5 nitrogen and oxygen atoms in total. The molecule has 0 unspecified atom stereocenters. The molecule has 1 aliphatic heterocycles. The molecule has 5 rings (SSSR count). The van der Waals surface area contributed by atoms with Gasteiger partial charge in [-0.05, 0) is 41.7 Å². The number of rotatable bonds is 5. The zero-order chi connectivity index (χ0) is 22.7. The smallest absolute Gasteiger partial charge is 0.410 e. The maximum atomic E-state index is 13.2. The average molecular weight is 444 g/mol. The van der Waals surface area contributed by atoms with Gasteiger partial charge < -0.3 is 14.6 Å². The van der Waals surface area contributed by atoms with Gasteiger partial charge in [0.1, 0.15) is 19.1 Å². The highest BCUT2D eigenvalue weighted by molar-refractivity contribution is 5.76. The molecular formula is C27H26FN3O2. The van der Waals surface area contributed by atoms with E-state index in [1.807, 2.05) is 60.7 Å². The van der Waals surface area contributed by atoms with Crippen molar-refractivity contribution in [1.29, 1.82) is 0 Å². The molecule has 1 aliphatic rings. The average Bonchev–Trinajstić information content (AvgIpc) is 3.32. The van der Waals surface area contributed by atoms with E-state index >= 15 is 0 Å². The van der Waals surface area contributed by atoms with E-state index in [2.05, 4.69) is 17.1 Å². The van der Waals surface area contributed by atoms with Crippen molar-refractivity contribution >= 4 is 17.1 Å². The van der Waals surface area contributed by atoms with E-state index in [-0.39, 0.29) is 18.1 Å². The third-order valence-corrected chi connectivity index (χ3v) is 6.56. The number of likely N-dealkylation sites (tertiary alicyclic amines) is 1. The SMILES string of the molecule is O=C(OCc1ccccc1)N1CCC(c2ccccc2)(c2nc3ccc(CF)cc3[nH]2)CC1. The summed E-state index contributed by atoms with van der Waals surface area (Å²) in [4.78, 5) is 22.8. The maximum absolute atomic E-state index is 13.2. The van der Waals surface area contributed by atoms with Gasteiger partial charge in [-0.25, -0.2) is 14.2 Å². The van der Waals surface area contributed by atoms with E-state index < -0.39 is 6.67 Å². The lowest BCUT2D eigenvalue weighted by atomic mass is 9.72. The number of hydrogen-bond donors (Lipinski definition) is 1. The second-order valence-corrected chi connectivity index (χ2v) is 8.55. The monoisotopic (exact) mass is 443 g/mol. The molecule has 3 aromatic carbocycles. The second kappa shape index (κ2) is 9.06. The van der Waals surface area contributed by atoms with Crippen molar-refractivity contribution in [2.45, 2.75) is 31.5 Å². The number of nitrogens with zero attached hydrogens (tertiary/aromatic N) is 2. The van der Waals surface area contributed by atoms with Crippen LogP contribution in [0.1, 0.15) is 35.4 Å². The van der Waals surface area contributed by atoms with E-state index in [1.165, 1.54) is 0 Å². The number of alkyl halides is 1. The summed E-state index contributed by atoms with van der Waals surface area (Å²) in [5.74, 6) is 0.858.